The van der Waals surface area contributed by atoms with Gasteiger partial charge in [-0.15, -0.1) is 0 Å². The zero-order chi connectivity index (χ0) is 10.7. The Hall–Kier alpha value is -1.97. The molecule has 0 aliphatic rings. The summed E-state index contributed by atoms with van der Waals surface area (Å²) in [5, 5.41) is 0. The summed E-state index contributed by atoms with van der Waals surface area (Å²) >= 11 is 0. The van der Waals surface area contributed by atoms with Crippen LogP contribution in [0.2, 0.25) is 0 Å². The first-order valence-corrected chi connectivity index (χ1v) is 4.21. The summed E-state index contributed by atoms with van der Waals surface area (Å²) in [5.74, 6) is -2.00. The third kappa shape index (κ3) is 2.10. The number of aromatic nitrogens is 1. The molecule has 0 bridgehead atoms. The van der Waals surface area contributed by atoms with Crippen molar-refractivity contribution in [3.8, 4) is 11.6 Å². The molecule has 0 amide bonds. The number of hydrogen-bond acceptors (Lipinski definition) is 2. The fraction of sp³-hybridized carbons (Fsp3) is 0. The predicted octanol–water partition coefficient (Wildman–Crippen LogP) is 2.95. The summed E-state index contributed by atoms with van der Waals surface area (Å²) < 4.78 is 31.0. The molecule has 0 aliphatic carbocycles. The van der Waals surface area contributed by atoms with Gasteiger partial charge in [0.2, 0.25) is 11.7 Å². The van der Waals surface area contributed by atoms with E-state index in [4.69, 9.17) is 4.74 Å². The molecule has 1 heterocycles. The highest BCUT2D eigenvalue weighted by Crippen LogP contribution is 2.23. The predicted molar refractivity (Wildman–Crippen MR) is 49.5 cm³/mol. The van der Waals surface area contributed by atoms with Gasteiger partial charge >= 0.3 is 0 Å². The maximum atomic E-state index is 13.1. The van der Waals surface area contributed by atoms with E-state index in [0.29, 0.717) is 0 Å². The van der Waals surface area contributed by atoms with Gasteiger partial charge in [-0.25, -0.2) is 9.37 Å². The molecule has 1 aromatic heterocycles. The average molecular weight is 206 g/mol. The number of halogens is 2. The lowest BCUT2D eigenvalue weighted by Gasteiger charge is -2.04. The molecule has 0 N–H and O–H groups in total. The third-order valence-corrected chi connectivity index (χ3v) is 1.71. The molecule has 0 spiro atoms. The van der Waals surface area contributed by atoms with Gasteiger partial charge in [0, 0.05) is 12.3 Å². The van der Waals surface area contributed by atoms with Gasteiger partial charge in [0.1, 0.15) is 0 Å². The standard InChI is InChI=1S/C11H6F2NO/c12-8-4-3-5-9(11(8)13)15-10-6-1-2-7-14-10/h2-7H. The third-order valence-electron chi connectivity index (χ3n) is 1.71. The molecule has 2 rings (SSSR count). The van der Waals surface area contributed by atoms with Gasteiger partial charge in [0.05, 0.1) is 0 Å². The first kappa shape index (κ1) is 9.58. The summed E-state index contributed by atoms with van der Waals surface area (Å²) in [4.78, 5) is 3.80. The van der Waals surface area contributed by atoms with Gasteiger partial charge in [0.25, 0.3) is 0 Å². The van der Waals surface area contributed by atoms with Crippen molar-refractivity contribution in [1.82, 2.24) is 4.98 Å². The Morgan fingerprint density at radius 3 is 2.87 bits per heavy atom. The molecule has 15 heavy (non-hydrogen) atoms. The molecule has 0 fully saturated rings. The highest BCUT2D eigenvalue weighted by atomic mass is 19.2. The lowest BCUT2D eigenvalue weighted by molar-refractivity contribution is 0.405. The van der Waals surface area contributed by atoms with Crippen LogP contribution in [0.1, 0.15) is 0 Å². The zero-order valence-corrected chi connectivity index (χ0v) is 7.58. The van der Waals surface area contributed by atoms with E-state index in [0.717, 1.165) is 6.07 Å². The van der Waals surface area contributed by atoms with Crippen molar-refractivity contribution in [1.29, 1.82) is 0 Å². The highest BCUT2D eigenvalue weighted by molar-refractivity contribution is 5.28. The summed E-state index contributed by atoms with van der Waals surface area (Å²) in [7, 11) is 0. The molecule has 4 heteroatoms. The second kappa shape index (κ2) is 4.04. The number of rotatable bonds is 2. The Morgan fingerprint density at radius 1 is 1.27 bits per heavy atom. The number of benzene rings is 1. The summed E-state index contributed by atoms with van der Waals surface area (Å²) in [6.45, 7) is 0. The number of ether oxygens (including phenoxy) is 1. The molecule has 0 saturated heterocycles. The average Bonchev–Trinajstić information content (AvgIpc) is 2.26. The van der Waals surface area contributed by atoms with Crippen molar-refractivity contribution in [3.05, 3.63) is 54.2 Å². The van der Waals surface area contributed by atoms with Gasteiger partial charge in [-0.3, -0.25) is 0 Å². The minimum Gasteiger partial charge on any atom is -0.436 e. The van der Waals surface area contributed by atoms with E-state index in [-0.39, 0.29) is 11.6 Å². The van der Waals surface area contributed by atoms with Crippen molar-refractivity contribution in [2.45, 2.75) is 0 Å². The maximum Gasteiger partial charge on any atom is 0.219 e. The lowest BCUT2D eigenvalue weighted by atomic mass is 10.3. The minimum absolute atomic E-state index is 0.169. The van der Waals surface area contributed by atoms with E-state index >= 15 is 0 Å². The van der Waals surface area contributed by atoms with E-state index in [1.807, 2.05) is 0 Å². The molecule has 75 valence electrons. The van der Waals surface area contributed by atoms with Crippen LogP contribution in [0.3, 0.4) is 0 Å². The second-order valence-corrected chi connectivity index (χ2v) is 2.75. The Kier molecular flexibility index (Phi) is 2.58. The van der Waals surface area contributed by atoms with Crippen molar-refractivity contribution >= 4 is 0 Å². The molecule has 0 aliphatic heterocycles. The molecule has 0 saturated carbocycles. The Balaban J connectivity index is 2.29. The fourth-order valence-electron chi connectivity index (χ4n) is 1.04. The summed E-state index contributed by atoms with van der Waals surface area (Å²) in [5.41, 5.74) is 0. The maximum absolute atomic E-state index is 13.1. The monoisotopic (exact) mass is 206 g/mol. The van der Waals surface area contributed by atoms with Crippen LogP contribution in [-0.4, -0.2) is 4.98 Å². The summed E-state index contributed by atoms with van der Waals surface area (Å²) in [6.07, 6.45) is 1.45. The quantitative estimate of drug-likeness (QED) is 0.753. The largest absolute Gasteiger partial charge is 0.436 e. The number of pyridine rings is 1. The van der Waals surface area contributed by atoms with E-state index in [1.54, 1.807) is 6.07 Å². The van der Waals surface area contributed by atoms with E-state index in [9.17, 15) is 8.78 Å². The SMILES string of the molecule is Fc1cccc(Oc2c[c]ccn2)c1F. The van der Waals surface area contributed by atoms with Gasteiger partial charge in [-0.2, -0.15) is 4.39 Å². The van der Waals surface area contributed by atoms with Crippen molar-refractivity contribution < 1.29 is 13.5 Å². The van der Waals surface area contributed by atoms with Crippen LogP contribution in [0.25, 0.3) is 0 Å². The van der Waals surface area contributed by atoms with Gasteiger partial charge in [0.15, 0.2) is 11.6 Å². The Morgan fingerprint density at radius 2 is 2.13 bits per heavy atom. The molecule has 1 radical (unpaired) electrons. The second-order valence-electron chi connectivity index (χ2n) is 2.75. The Labute approximate surface area is 85.2 Å². The van der Waals surface area contributed by atoms with Crippen molar-refractivity contribution in [2.24, 2.45) is 0 Å². The summed E-state index contributed by atoms with van der Waals surface area (Å²) in [6, 6.07) is 9.43. The van der Waals surface area contributed by atoms with E-state index in [2.05, 4.69) is 11.1 Å². The highest BCUT2D eigenvalue weighted by Gasteiger charge is 2.09. The van der Waals surface area contributed by atoms with Crippen LogP contribution in [0.4, 0.5) is 8.78 Å². The van der Waals surface area contributed by atoms with Crippen LogP contribution in [0.5, 0.6) is 11.6 Å². The van der Waals surface area contributed by atoms with Crippen molar-refractivity contribution in [3.63, 3.8) is 0 Å². The molecular weight excluding hydrogens is 200 g/mol. The van der Waals surface area contributed by atoms with Crippen LogP contribution in [0.15, 0.2) is 36.5 Å². The molecule has 2 aromatic rings. The first-order chi connectivity index (χ1) is 7.27. The number of hydrogen-bond donors (Lipinski definition) is 0. The first-order valence-electron chi connectivity index (χ1n) is 4.21. The molecule has 1 aromatic carbocycles. The van der Waals surface area contributed by atoms with E-state index in [1.165, 1.54) is 24.4 Å². The molecule has 2 nitrogen and oxygen atoms in total. The smallest absolute Gasteiger partial charge is 0.219 e. The van der Waals surface area contributed by atoms with Crippen LogP contribution < -0.4 is 4.74 Å². The number of nitrogens with zero attached hydrogens (tertiary/aromatic N) is 1. The van der Waals surface area contributed by atoms with Crippen LogP contribution in [-0.2, 0) is 0 Å². The Bertz CT molecular complexity index is 459. The van der Waals surface area contributed by atoms with Gasteiger partial charge < -0.3 is 4.74 Å². The van der Waals surface area contributed by atoms with Crippen LogP contribution >= 0.6 is 0 Å². The van der Waals surface area contributed by atoms with Gasteiger partial charge in [-0.1, -0.05) is 6.07 Å². The minimum atomic E-state index is -1.02. The molecule has 0 unspecified atom stereocenters. The lowest BCUT2D eigenvalue weighted by Crippen LogP contribution is -1.92. The van der Waals surface area contributed by atoms with Crippen molar-refractivity contribution in [2.75, 3.05) is 0 Å². The zero-order valence-electron chi connectivity index (χ0n) is 7.58. The van der Waals surface area contributed by atoms with Crippen LogP contribution in [0, 0.1) is 17.7 Å². The molecular formula is C11H6F2NO. The van der Waals surface area contributed by atoms with Gasteiger partial charge in [-0.05, 0) is 24.3 Å². The van der Waals surface area contributed by atoms with E-state index < -0.39 is 11.6 Å². The normalized spacial score (nSPS) is 10.0. The fourth-order valence-corrected chi connectivity index (χ4v) is 1.04. The molecule has 0 atom stereocenters. The topological polar surface area (TPSA) is 22.1 Å².